The predicted octanol–water partition coefficient (Wildman–Crippen LogP) is 3.19. The molecule has 1 atom stereocenters. The summed E-state index contributed by atoms with van der Waals surface area (Å²) in [6, 6.07) is 9.04. The average Bonchev–Trinajstić information content (AvgIpc) is 2.31. The molecule has 0 fully saturated rings. The monoisotopic (exact) mass is 273 g/mol. The lowest BCUT2D eigenvalue weighted by atomic mass is 9.98. The minimum absolute atomic E-state index is 0.255. The molecule has 5 heteroatoms. The minimum Gasteiger partial charge on any atom is -0.464 e. The van der Waals surface area contributed by atoms with E-state index in [2.05, 4.69) is 4.51 Å². The van der Waals surface area contributed by atoms with Crippen LogP contribution < -0.4 is 0 Å². The number of alkyl halides is 1. The summed E-state index contributed by atoms with van der Waals surface area (Å²) in [6.07, 6.45) is 0. The number of esters is 1. The Labute approximate surface area is 111 Å². The van der Waals surface area contributed by atoms with E-state index in [-0.39, 0.29) is 12.3 Å². The van der Waals surface area contributed by atoms with Crippen molar-refractivity contribution >= 4 is 35.1 Å². The highest BCUT2D eigenvalue weighted by atomic mass is 35.5. The molecule has 0 radical (unpaired) electrons. The van der Waals surface area contributed by atoms with Crippen molar-refractivity contribution in [3.05, 3.63) is 35.9 Å². The average molecular weight is 274 g/mol. The lowest BCUT2D eigenvalue weighted by molar-refractivity contribution is -0.143. The van der Waals surface area contributed by atoms with Crippen LogP contribution in [0.4, 0.5) is 0 Å². The molecule has 1 aromatic carbocycles. The number of halogens is 2. The third-order valence-corrected chi connectivity index (χ3v) is 2.74. The largest absolute Gasteiger partial charge is 0.464 e. The van der Waals surface area contributed by atoms with Gasteiger partial charge in [-0.1, -0.05) is 41.9 Å². The Morgan fingerprint density at radius 2 is 2.00 bits per heavy atom. The van der Waals surface area contributed by atoms with Gasteiger partial charge >= 0.3 is 5.97 Å². The van der Waals surface area contributed by atoms with Crippen LogP contribution in [-0.2, 0) is 9.53 Å². The van der Waals surface area contributed by atoms with E-state index in [9.17, 15) is 4.79 Å². The Morgan fingerprint density at radius 1 is 1.41 bits per heavy atom. The molecule has 0 saturated carbocycles. The second-order valence-electron chi connectivity index (χ2n) is 3.52. The van der Waals surface area contributed by atoms with Crippen molar-refractivity contribution in [1.29, 1.82) is 0 Å². The summed E-state index contributed by atoms with van der Waals surface area (Å²) in [5.74, 6) is -0.565. The quantitative estimate of drug-likeness (QED) is 0.480. The molecule has 0 heterocycles. The van der Waals surface area contributed by atoms with Crippen molar-refractivity contribution in [3.63, 3.8) is 0 Å². The lowest BCUT2D eigenvalue weighted by Gasteiger charge is -2.21. The molecule has 0 spiro atoms. The molecule has 92 valence electrons. The van der Waals surface area contributed by atoms with Gasteiger partial charge in [-0.25, -0.2) is 4.79 Å². The van der Waals surface area contributed by atoms with Gasteiger partial charge < -0.3 is 4.74 Å². The van der Waals surface area contributed by atoms with Gasteiger partial charge in [0.1, 0.15) is 0 Å². The second kappa shape index (κ2) is 6.03. The molecule has 0 aliphatic heterocycles. The minimum atomic E-state index is -1.39. The second-order valence-corrected chi connectivity index (χ2v) is 4.45. The molecule has 0 saturated heterocycles. The third kappa shape index (κ3) is 3.20. The normalized spacial score (nSPS) is 15.2. The fourth-order valence-corrected chi connectivity index (χ4v) is 1.87. The number of ether oxygens (including phenoxy) is 1. The van der Waals surface area contributed by atoms with Gasteiger partial charge in [0.25, 0.3) is 0 Å². The number of benzene rings is 1. The molecule has 0 N–H and O–H groups in total. The molecule has 0 aliphatic carbocycles. The van der Waals surface area contributed by atoms with E-state index in [0.29, 0.717) is 5.56 Å². The number of rotatable bonds is 4. The van der Waals surface area contributed by atoms with E-state index < -0.39 is 10.8 Å². The van der Waals surface area contributed by atoms with Crippen molar-refractivity contribution in [1.82, 2.24) is 0 Å². The zero-order valence-corrected chi connectivity index (χ0v) is 11.1. The fourth-order valence-electron chi connectivity index (χ4n) is 1.36. The first-order valence-corrected chi connectivity index (χ1v) is 5.86. The molecule has 1 rings (SSSR count). The van der Waals surface area contributed by atoms with Gasteiger partial charge in [0.15, 0.2) is 4.87 Å². The summed E-state index contributed by atoms with van der Waals surface area (Å²) >= 11 is 11.7. The summed E-state index contributed by atoms with van der Waals surface area (Å²) in [7, 11) is 0. The van der Waals surface area contributed by atoms with Crippen LogP contribution in [-0.4, -0.2) is 23.2 Å². The van der Waals surface area contributed by atoms with Crippen molar-refractivity contribution in [3.8, 4) is 0 Å². The van der Waals surface area contributed by atoms with E-state index in [0.717, 1.165) is 0 Å². The van der Waals surface area contributed by atoms with Crippen molar-refractivity contribution in [2.24, 2.45) is 4.51 Å². The van der Waals surface area contributed by atoms with Gasteiger partial charge in [-0.2, -0.15) is 4.51 Å². The summed E-state index contributed by atoms with van der Waals surface area (Å²) in [4.78, 5) is 10.4. The molecular weight excluding hydrogens is 261 g/mol. The van der Waals surface area contributed by atoms with Crippen molar-refractivity contribution in [2.45, 2.75) is 18.7 Å². The molecule has 0 aromatic heterocycles. The molecule has 0 amide bonds. The number of hydrogen-bond donors (Lipinski definition) is 0. The van der Waals surface area contributed by atoms with Gasteiger partial charge in [-0.05, 0) is 19.4 Å². The van der Waals surface area contributed by atoms with Gasteiger partial charge in [0, 0.05) is 11.8 Å². The van der Waals surface area contributed by atoms with Crippen molar-refractivity contribution in [2.75, 3.05) is 6.61 Å². The van der Waals surface area contributed by atoms with Gasteiger partial charge in [-0.15, -0.1) is 0 Å². The summed E-state index contributed by atoms with van der Waals surface area (Å²) in [6.45, 7) is 3.48. The first kappa shape index (κ1) is 14.0. The maximum atomic E-state index is 11.7. The van der Waals surface area contributed by atoms with E-state index in [1.165, 1.54) is 6.92 Å². The number of nitrogens with zero attached hydrogens (tertiary/aromatic N) is 1. The Bertz CT molecular complexity index is 416. The first-order valence-electron chi connectivity index (χ1n) is 5.15. The van der Waals surface area contributed by atoms with E-state index in [1.54, 1.807) is 19.1 Å². The first-order chi connectivity index (χ1) is 8.04. The van der Waals surface area contributed by atoms with Crippen LogP contribution >= 0.6 is 23.4 Å². The summed E-state index contributed by atoms with van der Waals surface area (Å²) in [5.41, 5.74) is 0.966. The molecule has 1 aromatic rings. The van der Waals surface area contributed by atoms with Crippen LogP contribution in [0, 0.1) is 0 Å². The molecular formula is C12H13Cl2NO2. The van der Waals surface area contributed by atoms with E-state index >= 15 is 0 Å². The number of carbonyl (C=O) groups is 1. The highest BCUT2D eigenvalue weighted by molar-refractivity contribution is 6.50. The Balaban J connectivity index is 3.08. The van der Waals surface area contributed by atoms with Gasteiger partial charge in [0.2, 0.25) is 0 Å². The zero-order valence-electron chi connectivity index (χ0n) is 9.61. The highest BCUT2D eigenvalue weighted by Gasteiger charge is 2.39. The molecule has 0 aliphatic rings. The topological polar surface area (TPSA) is 38.7 Å². The molecule has 0 bridgehead atoms. The van der Waals surface area contributed by atoms with Crippen molar-refractivity contribution < 1.29 is 9.53 Å². The van der Waals surface area contributed by atoms with E-state index in [1.807, 2.05) is 18.2 Å². The van der Waals surface area contributed by atoms with Crippen LogP contribution in [0.15, 0.2) is 34.8 Å². The van der Waals surface area contributed by atoms with Crippen LogP contribution in [0.3, 0.4) is 0 Å². The maximum Gasteiger partial charge on any atom is 0.333 e. The number of hydrogen-bond acceptors (Lipinski definition) is 3. The summed E-state index contributed by atoms with van der Waals surface area (Å²) < 4.78 is 8.49. The third-order valence-electron chi connectivity index (χ3n) is 2.24. The Morgan fingerprint density at radius 3 is 2.47 bits per heavy atom. The Hall–Kier alpha value is -1.06. The molecule has 17 heavy (non-hydrogen) atoms. The van der Waals surface area contributed by atoms with Crippen LogP contribution in [0.5, 0.6) is 0 Å². The maximum absolute atomic E-state index is 11.7. The van der Waals surface area contributed by atoms with Gasteiger partial charge in [-0.3, -0.25) is 0 Å². The molecule has 1 unspecified atom stereocenters. The van der Waals surface area contributed by atoms with E-state index in [4.69, 9.17) is 28.1 Å². The highest BCUT2D eigenvalue weighted by Crippen LogP contribution is 2.24. The van der Waals surface area contributed by atoms with Gasteiger partial charge in [0.05, 0.1) is 12.3 Å². The van der Waals surface area contributed by atoms with Crippen LogP contribution in [0.2, 0.25) is 0 Å². The smallest absolute Gasteiger partial charge is 0.333 e. The Kier molecular flexibility index (Phi) is 4.97. The standard InChI is InChI=1S/C12H13Cl2NO2/c1-3-17-11(16)12(2,13)10(15-14)9-7-5-4-6-8-9/h4-8H,3H2,1-2H3/b15-10+. The lowest BCUT2D eigenvalue weighted by Crippen LogP contribution is -2.40. The molecule has 3 nitrogen and oxygen atoms in total. The predicted molar refractivity (Wildman–Crippen MR) is 69.7 cm³/mol. The van der Waals surface area contributed by atoms with Crippen LogP contribution in [0.25, 0.3) is 0 Å². The number of carbonyl (C=O) groups excluding carboxylic acids is 1. The SMILES string of the molecule is CCOC(=O)C(C)(Cl)/C(=N/Cl)c1ccccc1. The fraction of sp³-hybridized carbons (Fsp3) is 0.333. The zero-order chi connectivity index (χ0) is 12.9. The summed E-state index contributed by atoms with van der Waals surface area (Å²) in [5, 5.41) is 0. The van der Waals surface area contributed by atoms with Crippen LogP contribution in [0.1, 0.15) is 19.4 Å².